The zero-order chi connectivity index (χ0) is 12.5. The Balaban J connectivity index is 1.93. The Bertz CT molecular complexity index is 596. The van der Waals surface area contributed by atoms with Crippen LogP contribution >= 0.6 is 23.4 Å². The van der Waals surface area contributed by atoms with Gasteiger partial charge in [0.1, 0.15) is 0 Å². The predicted molar refractivity (Wildman–Crippen MR) is 67.1 cm³/mol. The normalized spacial score (nSPS) is 14.7. The summed E-state index contributed by atoms with van der Waals surface area (Å²) in [6.07, 6.45) is 3.02. The molecule has 1 aromatic carbocycles. The Morgan fingerprint density at radius 1 is 1.44 bits per heavy atom. The van der Waals surface area contributed by atoms with E-state index in [1.165, 1.54) is 11.8 Å². The molecule has 0 aliphatic heterocycles. The molecule has 3 rings (SSSR count). The number of halogens is 1. The van der Waals surface area contributed by atoms with E-state index in [2.05, 4.69) is 15.5 Å². The van der Waals surface area contributed by atoms with Crippen LogP contribution in [0, 0.1) is 0 Å². The molecule has 0 bridgehead atoms. The molecule has 1 aliphatic carbocycles. The van der Waals surface area contributed by atoms with E-state index in [9.17, 15) is 4.79 Å². The third kappa shape index (κ3) is 2.26. The average molecular weight is 281 g/mol. The zero-order valence-corrected chi connectivity index (χ0v) is 10.9. The Morgan fingerprint density at radius 3 is 3.00 bits per heavy atom. The second-order valence-corrected chi connectivity index (χ2v) is 5.48. The third-order valence-corrected chi connectivity index (χ3v) is 3.92. The van der Waals surface area contributed by atoms with Crippen LogP contribution in [-0.4, -0.2) is 26.5 Å². The molecule has 0 amide bonds. The largest absolute Gasteiger partial charge is 0.298 e. The molecule has 92 valence electrons. The molecule has 0 radical (unpaired) electrons. The van der Waals surface area contributed by atoms with Crippen molar-refractivity contribution in [2.24, 2.45) is 0 Å². The molecule has 7 heteroatoms. The second kappa shape index (κ2) is 4.70. The van der Waals surface area contributed by atoms with Gasteiger partial charge in [0, 0.05) is 15.5 Å². The highest BCUT2D eigenvalue weighted by molar-refractivity contribution is 7.99. The Labute approximate surface area is 113 Å². The Kier molecular flexibility index (Phi) is 3.05. The van der Waals surface area contributed by atoms with Crippen LogP contribution in [0.25, 0.3) is 0 Å². The quantitative estimate of drug-likeness (QED) is 0.806. The van der Waals surface area contributed by atoms with Crippen molar-refractivity contribution in [3.05, 3.63) is 28.8 Å². The fourth-order valence-electron chi connectivity index (χ4n) is 1.59. The van der Waals surface area contributed by atoms with Crippen molar-refractivity contribution in [1.29, 1.82) is 0 Å². The molecule has 0 unspecified atom stereocenters. The van der Waals surface area contributed by atoms with Gasteiger partial charge >= 0.3 is 0 Å². The molecule has 1 heterocycles. The summed E-state index contributed by atoms with van der Waals surface area (Å²) >= 11 is 7.31. The van der Waals surface area contributed by atoms with E-state index in [-0.39, 0.29) is 0 Å². The van der Waals surface area contributed by atoms with E-state index >= 15 is 0 Å². The van der Waals surface area contributed by atoms with Gasteiger partial charge in [-0.25, -0.2) is 4.68 Å². The second-order valence-electron chi connectivity index (χ2n) is 4.04. The van der Waals surface area contributed by atoms with Crippen LogP contribution in [0.4, 0.5) is 0 Å². The molecule has 5 nitrogen and oxygen atoms in total. The van der Waals surface area contributed by atoms with Gasteiger partial charge in [-0.3, -0.25) is 4.79 Å². The number of rotatable bonds is 4. The van der Waals surface area contributed by atoms with Gasteiger partial charge in [-0.05, 0) is 53.2 Å². The van der Waals surface area contributed by atoms with Gasteiger partial charge in [0.25, 0.3) is 0 Å². The van der Waals surface area contributed by atoms with Crippen LogP contribution in [0.2, 0.25) is 5.02 Å². The van der Waals surface area contributed by atoms with E-state index in [0.717, 1.165) is 24.0 Å². The van der Waals surface area contributed by atoms with Crippen molar-refractivity contribution >= 4 is 29.6 Å². The molecule has 0 spiro atoms. The minimum atomic E-state index is 0.404. The monoisotopic (exact) mass is 280 g/mol. The Morgan fingerprint density at radius 2 is 2.28 bits per heavy atom. The third-order valence-electron chi connectivity index (χ3n) is 2.66. The summed E-state index contributed by atoms with van der Waals surface area (Å²) in [7, 11) is 0. The van der Waals surface area contributed by atoms with Crippen molar-refractivity contribution in [1.82, 2.24) is 20.2 Å². The maximum atomic E-state index is 11.0. The SMILES string of the molecule is O=Cc1ccc(Cl)cc1Sc1nnnn1C1CC1. The maximum Gasteiger partial charge on any atom is 0.214 e. The lowest BCUT2D eigenvalue weighted by Gasteiger charge is -2.05. The van der Waals surface area contributed by atoms with Crippen LogP contribution in [0.3, 0.4) is 0 Å². The summed E-state index contributed by atoms with van der Waals surface area (Å²) < 4.78 is 1.81. The highest BCUT2D eigenvalue weighted by Gasteiger charge is 2.28. The smallest absolute Gasteiger partial charge is 0.214 e. The number of aldehydes is 1. The summed E-state index contributed by atoms with van der Waals surface area (Å²) in [6, 6.07) is 5.55. The Hall–Kier alpha value is -1.40. The molecule has 1 aromatic heterocycles. The van der Waals surface area contributed by atoms with Crippen molar-refractivity contribution in [3.8, 4) is 0 Å². The summed E-state index contributed by atoms with van der Waals surface area (Å²) in [5, 5.41) is 12.9. The lowest BCUT2D eigenvalue weighted by atomic mass is 10.2. The van der Waals surface area contributed by atoms with Crippen LogP contribution in [0.15, 0.2) is 28.3 Å². The number of aromatic nitrogens is 4. The molecule has 0 atom stereocenters. The molecule has 1 fully saturated rings. The van der Waals surface area contributed by atoms with Crippen LogP contribution in [0.5, 0.6) is 0 Å². The number of benzene rings is 1. The maximum absolute atomic E-state index is 11.0. The first-order valence-corrected chi connectivity index (χ1v) is 6.68. The van der Waals surface area contributed by atoms with E-state index in [0.29, 0.717) is 21.8 Å². The number of carbonyl (C=O) groups is 1. The number of nitrogens with zero attached hydrogens (tertiary/aromatic N) is 4. The van der Waals surface area contributed by atoms with Gasteiger partial charge in [0.15, 0.2) is 6.29 Å². The van der Waals surface area contributed by atoms with Crippen LogP contribution < -0.4 is 0 Å². The summed E-state index contributed by atoms with van der Waals surface area (Å²) in [6.45, 7) is 0. The van der Waals surface area contributed by atoms with Gasteiger partial charge in [-0.15, -0.1) is 5.10 Å². The minimum Gasteiger partial charge on any atom is -0.298 e. The highest BCUT2D eigenvalue weighted by Crippen LogP contribution is 2.38. The van der Waals surface area contributed by atoms with Crippen LogP contribution in [0.1, 0.15) is 29.2 Å². The van der Waals surface area contributed by atoms with E-state index in [4.69, 9.17) is 11.6 Å². The van der Waals surface area contributed by atoms with E-state index < -0.39 is 0 Å². The molecule has 1 saturated carbocycles. The van der Waals surface area contributed by atoms with E-state index in [1.54, 1.807) is 22.9 Å². The molecular weight excluding hydrogens is 272 g/mol. The fourth-order valence-corrected chi connectivity index (χ4v) is 2.80. The van der Waals surface area contributed by atoms with Crippen molar-refractivity contribution in [2.45, 2.75) is 28.9 Å². The average Bonchev–Trinajstić information content (AvgIpc) is 3.11. The minimum absolute atomic E-state index is 0.404. The zero-order valence-electron chi connectivity index (χ0n) is 9.28. The first kappa shape index (κ1) is 11.7. The number of tetrazole rings is 1. The lowest BCUT2D eigenvalue weighted by Crippen LogP contribution is -1.99. The first-order valence-electron chi connectivity index (χ1n) is 5.48. The molecule has 18 heavy (non-hydrogen) atoms. The summed E-state index contributed by atoms with van der Waals surface area (Å²) in [5.41, 5.74) is 0.592. The van der Waals surface area contributed by atoms with Crippen LogP contribution in [-0.2, 0) is 0 Å². The number of hydrogen-bond donors (Lipinski definition) is 0. The molecule has 0 saturated heterocycles. The van der Waals surface area contributed by atoms with Gasteiger partial charge < -0.3 is 0 Å². The predicted octanol–water partition coefficient (Wildman–Crippen LogP) is 2.63. The highest BCUT2D eigenvalue weighted by atomic mass is 35.5. The summed E-state index contributed by atoms with van der Waals surface area (Å²) in [5.74, 6) is 0. The topological polar surface area (TPSA) is 60.7 Å². The lowest BCUT2D eigenvalue weighted by molar-refractivity contribution is 0.112. The molecule has 0 N–H and O–H groups in total. The molecule has 2 aromatic rings. The van der Waals surface area contributed by atoms with Crippen molar-refractivity contribution in [3.63, 3.8) is 0 Å². The van der Waals surface area contributed by atoms with Crippen molar-refractivity contribution in [2.75, 3.05) is 0 Å². The fraction of sp³-hybridized carbons (Fsp3) is 0.273. The van der Waals surface area contributed by atoms with Gasteiger partial charge in [-0.1, -0.05) is 11.6 Å². The van der Waals surface area contributed by atoms with Gasteiger partial charge in [-0.2, -0.15) is 0 Å². The standard InChI is InChI=1S/C11H9ClN4OS/c12-8-2-1-7(6-17)10(5-8)18-11-13-14-15-16(11)9-3-4-9/h1-2,5-6,9H,3-4H2. The van der Waals surface area contributed by atoms with Gasteiger partial charge in [0.2, 0.25) is 5.16 Å². The summed E-state index contributed by atoms with van der Waals surface area (Å²) in [4.78, 5) is 11.8. The van der Waals surface area contributed by atoms with Crippen molar-refractivity contribution < 1.29 is 4.79 Å². The number of carbonyl (C=O) groups excluding carboxylic acids is 1. The first-order chi connectivity index (χ1) is 8.78. The molecular formula is C11H9ClN4OS. The van der Waals surface area contributed by atoms with Gasteiger partial charge in [0.05, 0.1) is 6.04 Å². The molecule has 1 aliphatic rings. The number of hydrogen-bond acceptors (Lipinski definition) is 5. The van der Waals surface area contributed by atoms with E-state index in [1.807, 2.05) is 0 Å².